The number of benzene rings is 1. The van der Waals surface area contributed by atoms with E-state index in [1.807, 2.05) is 6.07 Å². The standard InChI is InChI=1S/C22H25N3O3/c1-3-15-9-10-18(19(11-15)16-7-5-4-6-8-16)21(26)25-20(22(27)28-2)12-17-13-23-14-24-17/h1,9-11,13-14,16,20H,4-8,12H2,2H3,(H,23,24)(H,25,26)/t20-/m1/s1. The summed E-state index contributed by atoms with van der Waals surface area (Å²) in [4.78, 5) is 32.2. The van der Waals surface area contributed by atoms with Crippen molar-refractivity contribution in [2.75, 3.05) is 7.11 Å². The molecule has 146 valence electrons. The minimum Gasteiger partial charge on any atom is -0.467 e. The molecule has 1 fully saturated rings. The Hall–Kier alpha value is -3.07. The average Bonchev–Trinajstić information content (AvgIpc) is 3.26. The molecule has 0 bridgehead atoms. The van der Waals surface area contributed by atoms with Crippen molar-refractivity contribution in [2.45, 2.75) is 50.5 Å². The molecule has 1 atom stereocenters. The monoisotopic (exact) mass is 379 g/mol. The number of aromatic amines is 1. The summed E-state index contributed by atoms with van der Waals surface area (Å²) < 4.78 is 4.87. The fraction of sp³-hybridized carbons (Fsp3) is 0.409. The van der Waals surface area contributed by atoms with Crippen LogP contribution in [0.25, 0.3) is 0 Å². The van der Waals surface area contributed by atoms with Crippen LogP contribution in [0.4, 0.5) is 0 Å². The van der Waals surface area contributed by atoms with Crippen LogP contribution in [-0.2, 0) is 16.0 Å². The van der Waals surface area contributed by atoms with Crippen molar-refractivity contribution in [3.05, 3.63) is 53.1 Å². The Bertz CT molecular complexity index is 862. The van der Waals surface area contributed by atoms with E-state index in [2.05, 4.69) is 21.2 Å². The lowest BCUT2D eigenvalue weighted by molar-refractivity contribution is -0.142. The van der Waals surface area contributed by atoms with Gasteiger partial charge in [-0.3, -0.25) is 4.79 Å². The quantitative estimate of drug-likeness (QED) is 0.597. The first-order valence-electron chi connectivity index (χ1n) is 9.59. The van der Waals surface area contributed by atoms with Crippen LogP contribution in [0.2, 0.25) is 0 Å². The van der Waals surface area contributed by atoms with Gasteiger partial charge in [-0.05, 0) is 42.5 Å². The van der Waals surface area contributed by atoms with E-state index in [-0.39, 0.29) is 12.3 Å². The van der Waals surface area contributed by atoms with Crippen LogP contribution in [0.5, 0.6) is 0 Å². The molecule has 0 aliphatic heterocycles. The number of nitrogens with zero attached hydrogens (tertiary/aromatic N) is 1. The third-order valence-corrected chi connectivity index (χ3v) is 5.28. The van der Waals surface area contributed by atoms with E-state index in [0.717, 1.165) is 42.5 Å². The van der Waals surface area contributed by atoms with Gasteiger partial charge in [-0.1, -0.05) is 25.2 Å². The highest BCUT2D eigenvalue weighted by Gasteiger charge is 2.26. The Balaban J connectivity index is 1.85. The van der Waals surface area contributed by atoms with Gasteiger partial charge in [0, 0.05) is 29.4 Å². The van der Waals surface area contributed by atoms with Crippen molar-refractivity contribution in [1.82, 2.24) is 15.3 Å². The van der Waals surface area contributed by atoms with Gasteiger partial charge in [0.05, 0.1) is 13.4 Å². The molecule has 1 amide bonds. The molecule has 0 unspecified atom stereocenters. The number of methoxy groups -OCH3 is 1. The molecule has 1 heterocycles. The molecule has 0 spiro atoms. The van der Waals surface area contributed by atoms with E-state index < -0.39 is 12.0 Å². The molecule has 6 nitrogen and oxygen atoms in total. The normalized spacial score (nSPS) is 15.4. The van der Waals surface area contributed by atoms with Crippen LogP contribution in [-0.4, -0.2) is 35.0 Å². The van der Waals surface area contributed by atoms with Crippen molar-refractivity contribution in [2.24, 2.45) is 0 Å². The van der Waals surface area contributed by atoms with Crippen molar-refractivity contribution >= 4 is 11.9 Å². The van der Waals surface area contributed by atoms with Gasteiger partial charge in [-0.25, -0.2) is 9.78 Å². The zero-order chi connectivity index (χ0) is 19.9. The van der Waals surface area contributed by atoms with E-state index in [4.69, 9.17) is 11.2 Å². The van der Waals surface area contributed by atoms with Gasteiger partial charge in [0.15, 0.2) is 0 Å². The van der Waals surface area contributed by atoms with E-state index in [1.165, 1.54) is 19.9 Å². The molecule has 0 radical (unpaired) electrons. The second kappa shape index (κ2) is 9.23. The number of aromatic nitrogens is 2. The number of carbonyl (C=O) groups is 2. The number of hydrogen-bond acceptors (Lipinski definition) is 4. The second-order valence-electron chi connectivity index (χ2n) is 7.11. The predicted octanol–water partition coefficient (Wildman–Crippen LogP) is 2.95. The first kappa shape index (κ1) is 19.7. The molecular formula is C22H25N3O3. The Morgan fingerprint density at radius 3 is 2.79 bits per heavy atom. The number of esters is 1. The lowest BCUT2D eigenvalue weighted by Crippen LogP contribution is -2.43. The van der Waals surface area contributed by atoms with Crippen molar-refractivity contribution in [3.63, 3.8) is 0 Å². The predicted molar refractivity (Wildman–Crippen MR) is 106 cm³/mol. The minimum atomic E-state index is -0.801. The largest absolute Gasteiger partial charge is 0.467 e. The SMILES string of the molecule is C#Cc1ccc(C(=O)N[C@H](Cc2cnc[nH]2)C(=O)OC)c(C2CCCCC2)c1. The topological polar surface area (TPSA) is 84.1 Å². The molecular weight excluding hydrogens is 354 g/mol. The molecule has 28 heavy (non-hydrogen) atoms. The van der Waals surface area contributed by atoms with Gasteiger partial charge in [0.2, 0.25) is 0 Å². The van der Waals surface area contributed by atoms with Crippen molar-refractivity contribution in [1.29, 1.82) is 0 Å². The maximum Gasteiger partial charge on any atom is 0.328 e. The van der Waals surface area contributed by atoms with Gasteiger partial charge >= 0.3 is 5.97 Å². The van der Waals surface area contributed by atoms with Crippen molar-refractivity contribution in [3.8, 4) is 12.3 Å². The molecule has 1 aliphatic carbocycles. The van der Waals surface area contributed by atoms with E-state index in [1.54, 1.807) is 18.3 Å². The molecule has 0 saturated heterocycles. The number of hydrogen-bond donors (Lipinski definition) is 2. The first-order chi connectivity index (χ1) is 13.6. The molecule has 1 aromatic carbocycles. The highest BCUT2D eigenvalue weighted by atomic mass is 16.5. The highest BCUT2D eigenvalue weighted by Crippen LogP contribution is 2.35. The lowest BCUT2D eigenvalue weighted by atomic mass is 9.81. The smallest absolute Gasteiger partial charge is 0.328 e. The van der Waals surface area contributed by atoms with Gasteiger partial charge in [-0.2, -0.15) is 0 Å². The van der Waals surface area contributed by atoms with Crippen LogP contribution >= 0.6 is 0 Å². The molecule has 2 N–H and O–H groups in total. The van der Waals surface area contributed by atoms with Crippen LogP contribution in [0.1, 0.15) is 65.2 Å². The molecule has 6 heteroatoms. The van der Waals surface area contributed by atoms with Crippen LogP contribution < -0.4 is 5.32 Å². The minimum absolute atomic E-state index is 0.277. The molecule has 3 rings (SSSR count). The summed E-state index contributed by atoms with van der Waals surface area (Å²) in [5.41, 5.74) is 3.05. The van der Waals surface area contributed by atoms with Gasteiger partial charge in [0.25, 0.3) is 5.91 Å². The number of terminal acetylenes is 1. The van der Waals surface area contributed by atoms with E-state index in [0.29, 0.717) is 11.5 Å². The third-order valence-electron chi connectivity index (χ3n) is 5.28. The second-order valence-corrected chi connectivity index (χ2v) is 7.11. The number of imidazole rings is 1. The Morgan fingerprint density at radius 2 is 2.14 bits per heavy atom. The molecule has 2 aromatic rings. The van der Waals surface area contributed by atoms with Gasteiger partial charge in [-0.15, -0.1) is 6.42 Å². The third kappa shape index (κ3) is 4.61. The Labute approximate surface area is 165 Å². The number of H-pyrrole nitrogens is 1. The van der Waals surface area contributed by atoms with E-state index >= 15 is 0 Å². The maximum absolute atomic E-state index is 13.1. The zero-order valence-electron chi connectivity index (χ0n) is 16.0. The van der Waals surface area contributed by atoms with Crippen LogP contribution in [0.15, 0.2) is 30.7 Å². The lowest BCUT2D eigenvalue weighted by Gasteiger charge is -2.25. The summed E-state index contributed by atoms with van der Waals surface area (Å²) in [6.07, 6.45) is 14.6. The summed E-state index contributed by atoms with van der Waals surface area (Å²) in [5.74, 6) is 2.18. The van der Waals surface area contributed by atoms with Crippen LogP contribution in [0.3, 0.4) is 0 Å². The summed E-state index contributed by atoms with van der Waals surface area (Å²) in [7, 11) is 1.31. The fourth-order valence-corrected chi connectivity index (χ4v) is 3.80. The summed E-state index contributed by atoms with van der Waals surface area (Å²) in [5, 5.41) is 2.83. The number of carbonyl (C=O) groups excluding carboxylic acids is 2. The summed E-state index contributed by atoms with van der Waals surface area (Å²) in [6, 6.07) is 4.67. The van der Waals surface area contributed by atoms with Crippen molar-refractivity contribution < 1.29 is 14.3 Å². The van der Waals surface area contributed by atoms with Gasteiger partial charge in [0.1, 0.15) is 6.04 Å². The molecule has 1 aromatic heterocycles. The Morgan fingerprint density at radius 1 is 1.36 bits per heavy atom. The highest BCUT2D eigenvalue weighted by molar-refractivity contribution is 5.98. The van der Waals surface area contributed by atoms with Crippen LogP contribution in [0, 0.1) is 12.3 Å². The zero-order valence-corrected chi connectivity index (χ0v) is 16.0. The molecule has 1 saturated carbocycles. The number of nitrogens with one attached hydrogen (secondary N) is 2. The maximum atomic E-state index is 13.1. The Kier molecular flexibility index (Phi) is 6.49. The number of amides is 1. The summed E-state index contributed by atoms with van der Waals surface area (Å²) in [6.45, 7) is 0. The first-order valence-corrected chi connectivity index (χ1v) is 9.59. The summed E-state index contributed by atoms with van der Waals surface area (Å²) >= 11 is 0. The number of ether oxygens (including phenoxy) is 1. The number of rotatable bonds is 6. The average molecular weight is 379 g/mol. The fourth-order valence-electron chi connectivity index (χ4n) is 3.80. The molecule has 1 aliphatic rings. The van der Waals surface area contributed by atoms with Gasteiger partial charge < -0.3 is 15.0 Å². The van der Waals surface area contributed by atoms with E-state index in [9.17, 15) is 9.59 Å².